The molecule has 0 aliphatic carbocycles. The zero-order valence-electron chi connectivity index (χ0n) is 15.7. The van der Waals surface area contributed by atoms with E-state index in [1.54, 1.807) is 24.3 Å². The average Bonchev–Trinajstić information content (AvgIpc) is 3.28. The Bertz CT molecular complexity index is 796. The van der Waals surface area contributed by atoms with Crippen molar-refractivity contribution in [3.63, 3.8) is 0 Å². The third kappa shape index (κ3) is 4.34. The standard InChI is InChI=1S/C22H24FNO4/c23-18-7-5-16(6-8-18)15-28-20-4-2-1-3-19(20)21(25)24-11-9-17(10-12-24)22-26-13-14-27-22/h1-8,17,22H,9-15H2. The van der Waals surface area contributed by atoms with E-state index in [0.29, 0.717) is 43.5 Å². The number of piperidine rings is 1. The molecule has 6 heteroatoms. The molecule has 0 aromatic heterocycles. The predicted octanol–water partition coefficient (Wildman–Crippen LogP) is 3.63. The van der Waals surface area contributed by atoms with Crippen LogP contribution < -0.4 is 4.74 Å². The highest BCUT2D eigenvalue weighted by Crippen LogP contribution is 2.28. The maximum Gasteiger partial charge on any atom is 0.257 e. The lowest BCUT2D eigenvalue weighted by Gasteiger charge is -2.34. The van der Waals surface area contributed by atoms with E-state index in [-0.39, 0.29) is 24.6 Å². The van der Waals surface area contributed by atoms with Crippen LogP contribution in [0.5, 0.6) is 5.75 Å². The van der Waals surface area contributed by atoms with Gasteiger partial charge in [0.25, 0.3) is 5.91 Å². The minimum atomic E-state index is -0.281. The zero-order chi connectivity index (χ0) is 19.3. The largest absolute Gasteiger partial charge is 0.488 e. The van der Waals surface area contributed by atoms with Gasteiger partial charge in [-0.05, 0) is 42.7 Å². The summed E-state index contributed by atoms with van der Waals surface area (Å²) in [5.41, 5.74) is 1.40. The molecule has 0 spiro atoms. The van der Waals surface area contributed by atoms with Crippen molar-refractivity contribution in [3.05, 3.63) is 65.5 Å². The molecular weight excluding hydrogens is 361 g/mol. The molecule has 2 aromatic rings. The number of halogens is 1. The van der Waals surface area contributed by atoms with Crippen molar-refractivity contribution < 1.29 is 23.4 Å². The number of hydrogen-bond donors (Lipinski definition) is 0. The Hall–Kier alpha value is -2.44. The van der Waals surface area contributed by atoms with Crippen molar-refractivity contribution in [1.29, 1.82) is 0 Å². The molecule has 2 aromatic carbocycles. The predicted molar refractivity (Wildman–Crippen MR) is 101 cm³/mol. The molecular formula is C22H24FNO4. The summed E-state index contributed by atoms with van der Waals surface area (Å²) in [6.07, 6.45) is 1.62. The summed E-state index contributed by atoms with van der Waals surface area (Å²) >= 11 is 0. The number of nitrogens with zero attached hydrogens (tertiary/aromatic N) is 1. The summed E-state index contributed by atoms with van der Waals surface area (Å²) in [5, 5.41) is 0. The van der Waals surface area contributed by atoms with Crippen molar-refractivity contribution >= 4 is 5.91 Å². The molecule has 0 saturated carbocycles. The summed E-state index contributed by atoms with van der Waals surface area (Å²) in [4.78, 5) is 14.9. The van der Waals surface area contributed by atoms with Crippen LogP contribution in [-0.4, -0.2) is 43.4 Å². The number of rotatable bonds is 5. The van der Waals surface area contributed by atoms with Crippen LogP contribution in [0.2, 0.25) is 0 Å². The molecule has 148 valence electrons. The monoisotopic (exact) mass is 385 g/mol. The Balaban J connectivity index is 1.38. The molecule has 0 atom stereocenters. The third-order valence-corrected chi connectivity index (χ3v) is 5.28. The molecule has 0 N–H and O–H groups in total. The van der Waals surface area contributed by atoms with Crippen LogP contribution in [0.15, 0.2) is 48.5 Å². The molecule has 0 radical (unpaired) electrons. The number of ether oxygens (including phenoxy) is 3. The summed E-state index contributed by atoms with van der Waals surface area (Å²) in [6, 6.07) is 13.4. The number of carbonyl (C=O) groups excluding carboxylic acids is 1. The van der Waals surface area contributed by atoms with E-state index in [1.165, 1.54) is 12.1 Å². The molecule has 2 heterocycles. The maximum atomic E-state index is 13.0. The summed E-state index contributed by atoms with van der Waals surface area (Å²) in [7, 11) is 0. The van der Waals surface area contributed by atoms with Gasteiger partial charge in [-0.3, -0.25) is 4.79 Å². The van der Waals surface area contributed by atoms with Crippen molar-refractivity contribution in [2.24, 2.45) is 5.92 Å². The van der Waals surface area contributed by atoms with Crippen LogP contribution in [0.1, 0.15) is 28.8 Å². The second-order valence-electron chi connectivity index (χ2n) is 7.15. The number of para-hydroxylation sites is 1. The highest BCUT2D eigenvalue weighted by Gasteiger charge is 2.32. The summed E-state index contributed by atoms with van der Waals surface area (Å²) in [6.45, 7) is 2.95. The highest BCUT2D eigenvalue weighted by atomic mass is 19.1. The van der Waals surface area contributed by atoms with Crippen LogP contribution in [0.3, 0.4) is 0 Å². The van der Waals surface area contributed by atoms with Gasteiger partial charge in [-0.15, -0.1) is 0 Å². The fourth-order valence-electron chi connectivity index (χ4n) is 3.70. The molecule has 2 saturated heterocycles. The Kier molecular flexibility index (Phi) is 5.88. The molecule has 0 unspecified atom stereocenters. The lowest BCUT2D eigenvalue weighted by molar-refractivity contribution is -0.0956. The molecule has 1 amide bonds. The molecule has 0 bridgehead atoms. The first-order valence-electron chi connectivity index (χ1n) is 9.69. The van der Waals surface area contributed by atoms with Crippen LogP contribution in [0.25, 0.3) is 0 Å². The lowest BCUT2D eigenvalue weighted by Crippen LogP contribution is -2.41. The minimum absolute atomic E-state index is 0.0265. The van der Waals surface area contributed by atoms with Gasteiger partial charge in [0.1, 0.15) is 18.2 Å². The van der Waals surface area contributed by atoms with E-state index in [2.05, 4.69) is 0 Å². The summed E-state index contributed by atoms with van der Waals surface area (Å²) < 4.78 is 30.1. The number of amides is 1. The number of likely N-dealkylation sites (tertiary alicyclic amines) is 1. The minimum Gasteiger partial charge on any atom is -0.488 e. The van der Waals surface area contributed by atoms with E-state index in [4.69, 9.17) is 14.2 Å². The van der Waals surface area contributed by atoms with Gasteiger partial charge in [-0.2, -0.15) is 0 Å². The molecule has 28 heavy (non-hydrogen) atoms. The Morgan fingerprint density at radius 2 is 1.71 bits per heavy atom. The van der Waals surface area contributed by atoms with Gasteiger partial charge in [-0.25, -0.2) is 4.39 Å². The van der Waals surface area contributed by atoms with Gasteiger partial charge in [-0.1, -0.05) is 24.3 Å². The first-order chi connectivity index (χ1) is 13.7. The normalized spacial score (nSPS) is 18.4. The van der Waals surface area contributed by atoms with E-state index >= 15 is 0 Å². The SMILES string of the molecule is O=C(c1ccccc1OCc1ccc(F)cc1)N1CCC(C2OCCO2)CC1. The Labute approximate surface area is 164 Å². The maximum absolute atomic E-state index is 13.0. The van der Waals surface area contributed by atoms with Gasteiger partial charge in [0.2, 0.25) is 0 Å². The van der Waals surface area contributed by atoms with Gasteiger partial charge in [0, 0.05) is 19.0 Å². The topological polar surface area (TPSA) is 48.0 Å². The van der Waals surface area contributed by atoms with Crippen LogP contribution in [0.4, 0.5) is 4.39 Å². The second-order valence-corrected chi connectivity index (χ2v) is 7.15. The van der Waals surface area contributed by atoms with Crippen molar-refractivity contribution in [3.8, 4) is 5.75 Å². The van der Waals surface area contributed by atoms with Crippen molar-refractivity contribution in [2.75, 3.05) is 26.3 Å². The molecule has 4 rings (SSSR count). The van der Waals surface area contributed by atoms with Crippen molar-refractivity contribution in [2.45, 2.75) is 25.7 Å². The Morgan fingerprint density at radius 3 is 2.43 bits per heavy atom. The van der Waals surface area contributed by atoms with E-state index in [9.17, 15) is 9.18 Å². The molecule has 2 aliphatic rings. The molecule has 5 nitrogen and oxygen atoms in total. The van der Waals surface area contributed by atoms with Gasteiger partial charge in [0.15, 0.2) is 6.29 Å². The van der Waals surface area contributed by atoms with Gasteiger partial charge in [0.05, 0.1) is 18.8 Å². The van der Waals surface area contributed by atoms with Crippen LogP contribution in [0, 0.1) is 11.7 Å². The van der Waals surface area contributed by atoms with E-state index < -0.39 is 0 Å². The van der Waals surface area contributed by atoms with Crippen molar-refractivity contribution in [1.82, 2.24) is 4.90 Å². The van der Waals surface area contributed by atoms with Crippen LogP contribution in [-0.2, 0) is 16.1 Å². The molecule has 2 aliphatic heterocycles. The summed E-state index contributed by atoms with van der Waals surface area (Å²) in [5.74, 6) is 0.579. The first kappa shape index (κ1) is 18.9. The highest BCUT2D eigenvalue weighted by molar-refractivity contribution is 5.97. The van der Waals surface area contributed by atoms with Gasteiger partial charge >= 0.3 is 0 Å². The quantitative estimate of drug-likeness (QED) is 0.789. The average molecular weight is 385 g/mol. The lowest BCUT2D eigenvalue weighted by atomic mass is 9.95. The smallest absolute Gasteiger partial charge is 0.257 e. The first-order valence-corrected chi connectivity index (χ1v) is 9.69. The van der Waals surface area contributed by atoms with Crippen LogP contribution >= 0.6 is 0 Å². The number of benzene rings is 2. The fraction of sp³-hybridized carbons (Fsp3) is 0.409. The van der Waals surface area contributed by atoms with E-state index in [0.717, 1.165) is 18.4 Å². The van der Waals surface area contributed by atoms with Gasteiger partial charge < -0.3 is 19.1 Å². The Morgan fingerprint density at radius 1 is 1.04 bits per heavy atom. The number of hydrogen-bond acceptors (Lipinski definition) is 4. The fourth-order valence-corrected chi connectivity index (χ4v) is 3.70. The number of carbonyl (C=O) groups is 1. The third-order valence-electron chi connectivity index (χ3n) is 5.28. The zero-order valence-corrected chi connectivity index (χ0v) is 15.7. The molecule has 2 fully saturated rings. The second kappa shape index (κ2) is 8.71. The van der Waals surface area contributed by atoms with E-state index in [1.807, 2.05) is 17.0 Å².